The summed E-state index contributed by atoms with van der Waals surface area (Å²) in [6.45, 7) is 0. The van der Waals surface area contributed by atoms with Crippen LogP contribution in [0.3, 0.4) is 0 Å². The number of carbonyl (C=O) groups excluding carboxylic acids is 1. The van der Waals surface area contributed by atoms with Gasteiger partial charge in [-0.05, 0) is 35.7 Å². The molecule has 3 aromatic carbocycles. The van der Waals surface area contributed by atoms with Crippen LogP contribution in [0.25, 0.3) is 22.2 Å². The van der Waals surface area contributed by atoms with E-state index in [0.29, 0.717) is 21.6 Å². The summed E-state index contributed by atoms with van der Waals surface area (Å²) in [6, 6.07) is 23.6. The molecular weight excluding hydrogens is 475 g/mol. The van der Waals surface area contributed by atoms with Crippen LogP contribution in [-0.4, -0.2) is 27.5 Å². The number of para-hydroxylation sites is 1. The van der Waals surface area contributed by atoms with Crippen molar-refractivity contribution in [3.8, 4) is 11.3 Å². The molecular formula is C25H18Cl2N4OS. The maximum absolute atomic E-state index is 12.4. The van der Waals surface area contributed by atoms with Crippen LogP contribution < -0.4 is 5.32 Å². The number of fused-ring (bicyclic) bond motifs is 1. The monoisotopic (exact) mass is 492 g/mol. The molecule has 1 atom stereocenters. The first-order chi connectivity index (χ1) is 16.1. The van der Waals surface area contributed by atoms with Crippen molar-refractivity contribution in [2.45, 2.75) is 11.7 Å². The number of aromatic nitrogens is 1. The first-order valence-electron chi connectivity index (χ1n) is 10.3. The molecule has 8 heteroatoms. The average molecular weight is 493 g/mol. The standard InChI is InChI=1S/C25H18Cl2N4OS/c26-19-11-10-15(12-20(19)27)13-22-24(32)30-25(33-22)31-28-14-18-17-8-4-5-9-21(17)29-23(18)16-6-2-1-3-7-16/h1-12,14,22,29H,13H2,(H,30,31,32)/b28-14+. The van der Waals surface area contributed by atoms with Gasteiger partial charge in [0.15, 0.2) is 5.17 Å². The number of halogens is 2. The number of benzene rings is 3. The van der Waals surface area contributed by atoms with Crippen LogP contribution >= 0.6 is 35.0 Å². The average Bonchev–Trinajstić information content (AvgIpc) is 3.37. The molecule has 1 aliphatic rings. The van der Waals surface area contributed by atoms with Crippen LogP contribution in [0.5, 0.6) is 0 Å². The lowest BCUT2D eigenvalue weighted by Gasteiger charge is -2.06. The van der Waals surface area contributed by atoms with Gasteiger partial charge in [0, 0.05) is 16.5 Å². The normalized spacial score (nSPS) is 17.3. The largest absolute Gasteiger partial charge is 0.354 e. The van der Waals surface area contributed by atoms with E-state index in [0.717, 1.165) is 33.3 Å². The molecule has 1 amide bonds. The molecule has 1 fully saturated rings. The van der Waals surface area contributed by atoms with Crippen LogP contribution in [0.1, 0.15) is 11.1 Å². The molecule has 164 valence electrons. The Bertz CT molecular complexity index is 1400. The zero-order valence-electron chi connectivity index (χ0n) is 17.3. The molecule has 0 bridgehead atoms. The second-order valence-electron chi connectivity index (χ2n) is 7.52. The summed E-state index contributed by atoms with van der Waals surface area (Å²) in [4.78, 5) is 15.9. The van der Waals surface area contributed by atoms with Gasteiger partial charge in [-0.2, -0.15) is 5.10 Å². The quantitative estimate of drug-likeness (QED) is 0.253. The van der Waals surface area contributed by atoms with E-state index in [2.05, 4.69) is 32.6 Å². The van der Waals surface area contributed by atoms with Crippen LogP contribution in [0, 0.1) is 0 Å². The summed E-state index contributed by atoms with van der Waals surface area (Å²) in [7, 11) is 0. The number of hydrogen-bond donors (Lipinski definition) is 2. The molecule has 0 radical (unpaired) electrons. The Morgan fingerprint density at radius 2 is 1.76 bits per heavy atom. The summed E-state index contributed by atoms with van der Waals surface area (Å²) >= 11 is 13.4. The molecule has 0 spiro atoms. The van der Waals surface area contributed by atoms with Crippen molar-refractivity contribution in [2.24, 2.45) is 10.2 Å². The minimum Gasteiger partial charge on any atom is -0.354 e. The third-order valence-electron chi connectivity index (χ3n) is 5.33. The number of amides is 1. The summed E-state index contributed by atoms with van der Waals surface area (Å²) in [5.41, 5.74) is 4.95. The number of amidine groups is 1. The number of hydrogen-bond acceptors (Lipinski definition) is 4. The van der Waals surface area contributed by atoms with E-state index in [4.69, 9.17) is 23.2 Å². The number of H-pyrrole nitrogens is 1. The van der Waals surface area contributed by atoms with Gasteiger partial charge in [0.2, 0.25) is 5.91 Å². The number of nitrogens with zero attached hydrogens (tertiary/aromatic N) is 2. The Hall–Kier alpha value is -3.06. The van der Waals surface area contributed by atoms with Crippen LogP contribution in [0.2, 0.25) is 10.0 Å². The fraction of sp³-hybridized carbons (Fsp3) is 0.0800. The lowest BCUT2D eigenvalue weighted by Crippen LogP contribution is -2.25. The Morgan fingerprint density at radius 1 is 0.970 bits per heavy atom. The van der Waals surface area contributed by atoms with Crippen molar-refractivity contribution in [2.75, 3.05) is 0 Å². The number of nitrogens with one attached hydrogen (secondary N) is 2. The minimum absolute atomic E-state index is 0.0999. The van der Waals surface area contributed by atoms with Crippen LogP contribution in [0.15, 0.2) is 83.0 Å². The fourth-order valence-corrected chi connectivity index (χ4v) is 5.02. The third kappa shape index (κ3) is 4.69. The predicted octanol–water partition coefficient (Wildman–Crippen LogP) is 6.31. The zero-order chi connectivity index (χ0) is 22.8. The second kappa shape index (κ2) is 9.43. The van der Waals surface area contributed by atoms with Gasteiger partial charge in [0.05, 0.1) is 27.2 Å². The predicted molar refractivity (Wildman–Crippen MR) is 138 cm³/mol. The molecule has 4 aromatic rings. The van der Waals surface area contributed by atoms with Crippen molar-refractivity contribution >= 4 is 63.2 Å². The van der Waals surface area contributed by atoms with Crippen LogP contribution in [-0.2, 0) is 11.2 Å². The summed E-state index contributed by atoms with van der Waals surface area (Å²) in [5, 5.41) is 13.6. The van der Waals surface area contributed by atoms with Gasteiger partial charge in [-0.15, -0.1) is 5.10 Å². The topological polar surface area (TPSA) is 69.6 Å². The van der Waals surface area contributed by atoms with E-state index in [1.54, 1.807) is 18.3 Å². The maximum atomic E-state index is 12.4. The van der Waals surface area contributed by atoms with Gasteiger partial charge in [0.25, 0.3) is 0 Å². The van der Waals surface area contributed by atoms with E-state index in [9.17, 15) is 4.79 Å². The van der Waals surface area contributed by atoms with Crippen molar-refractivity contribution in [1.29, 1.82) is 0 Å². The highest BCUT2D eigenvalue weighted by molar-refractivity contribution is 8.15. The van der Waals surface area contributed by atoms with E-state index < -0.39 is 0 Å². The molecule has 5 nitrogen and oxygen atoms in total. The van der Waals surface area contributed by atoms with Crippen molar-refractivity contribution in [1.82, 2.24) is 10.3 Å². The van der Waals surface area contributed by atoms with Gasteiger partial charge in [-0.25, -0.2) is 0 Å². The molecule has 1 aromatic heterocycles. The van der Waals surface area contributed by atoms with E-state index in [-0.39, 0.29) is 11.2 Å². The van der Waals surface area contributed by atoms with Gasteiger partial charge in [0.1, 0.15) is 0 Å². The number of rotatable bonds is 5. The Morgan fingerprint density at radius 3 is 2.58 bits per heavy atom. The molecule has 1 aliphatic heterocycles. The third-order valence-corrected chi connectivity index (χ3v) is 7.14. The Kier molecular flexibility index (Phi) is 6.22. The Balaban J connectivity index is 1.37. The first-order valence-corrected chi connectivity index (χ1v) is 11.9. The maximum Gasteiger partial charge on any atom is 0.239 e. The van der Waals surface area contributed by atoms with Gasteiger partial charge < -0.3 is 10.3 Å². The van der Waals surface area contributed by atoms with E-state index >= 15 is 0 Å². The fourth-order valence-electron chi connectivity index (χ4n) is 3.74. The molecule has 2 heterocycles. The molecule has 0 aliphatic carbocycles. The van der Waals surface area contributed by atoms with Gasteiger partial charge in [-0.3, -0.25) is 4.79 Å². The molecule has 2 N–H and O–H groups in total. The van der Waals surface area contributed by atoms with Crippen molar-refractivity contribution < 1.29 is 4.79 Å². The van der Waals surface area contributed by atoms with Crippen molar-refractivity contribution in [3.05, 3.63) is 94.0 Å². The smallest absolute Gasteiger partial charge is 0.239 e. The number of aromatic amines is 1. The molecule has 1 saturated heterocycles. The lowest BCUT2D eigenvalue weighted by atomic mass is 10.1. The highest BCUT2D eigenvalue weighted by Crippen LogP contribution is 2.30. The van der Waals surface area contributed by atoms with Gasteiger partial charge in [-0.1, -0.05) is 89.6 Å². The Labute approximate surface area is 204 Å². The molecule has 5 rings (SSSR count). The van der Waals surface area contributed by atoms with Crippen molar-refractivity contribution in [3.63, 3.8) is 0 Å². The highest BCUT2D eigenvalue weighted by Gasteiger charge is 2.30. The number of carbonyl (C=O) groups is 1. The lowest BCUT2D eigenvalue weighted by molar-refractivity contribution is -0.118. The summed E-state index contributed by atoms with van der Waals surface area (Å²) < 4.78 is 0. The first kappa shape index (κ1) is 21.8. The highest BCUT2D eigenvalue weighted by atomic mass is 35.5. The molecule has 33 heavy (non-hydrogen) atoms. The second-order valence-corrected chi connectivity index (χ2v) is 9.53. The molecule has 1 unspecified atom stereocenters. The summed E-state index contributed by atoms with van der Waals surface area (Å²) in [6.07, 6.45) is 2.25. The SMILES string of the molecule is O=C1N/C(=N\N=C\c2c(-c3ccccc3)[nH]c3ccccc23)SC1Cc1ccc(Cl)c(Cl)c1. The van der Waals surface area contributed by atoms with Crippen LogP contribution in [0.4, 0.5) is 0 Å². The summed E-state index contributed by atoms with van der Waals surface area (Å²) in [5.74, 6) is -0.0999. The van der Waals surface area contributed by atoms with E-state index in [1.807, 2.05) is 48.5 Å². The zero-order valence-corrected chi connectivity index (χ0v) is 19.6. The molecule has 0 saturated carbocycles. The van der Waals surface area contributed by atoms with Gasteiger partial charge >= 0.3 is 0 Å². The van der Waals surface area contributed by atoms with E-state index in [1.165, 1.54) is 11.8 Å². The minimum atomic E-state index is -0.302. The number of thioether (sulfide) groups is 1.